The molecule has 14 heteroatoms. The number of amides is 2. The number of anilines is 2. The third kappa shape index (κ3) is 6.84. The molecule has 43 heavy (non-hydrogen) atoms. The summed E-state index contributed by atoms with van der Waals surface area (Å²) in [6.07, 6.45) is -3.83. The fraction of sp³-hybridized carbons (Fsp3) is 0.483. The summed E-state index contributed by atoms with van der Waals surface area (Å²) in [5, 5.41) is 2.25. The molecule has 2 aliphatic rings. The predicted octanol–water partition coefficient (Wildman–Crippen LogP) is 5.09. The van der Waals surface area contributed by atoms with Crippen LogP contribution in [-0.4, -0.2) is 78.2 Å². The van der Waals surface area contributed by atoms with E-state index in [1.807, 2.05) is 25.9 Å². The quantitative estimate of drug-likeness (QED) is 0.458. The molecule has 0 saturated carbocycles. The number of nitrogens with zero attached hydrogens (tertiary/aromatic N) is 3. The monoisotopic (exact) mass is 611 g/mol. The first-order valence-corrected chi connectivity index (χ1v) is 13.8. The van der Waals surface area contributed by atoms with Gasteiger partial charge in [-0.05, 0) is 46.7 Å². The summed E-state index contributed by atoms with van der Waals surface area (Å²) in [5.41, 5.74) is -4.25. The van der Waals surface area contributed by atoms with Gasteiger partial charge in [-0.3, -0.25) is 14.5 Å². The van der Waals surface area contributed by atoms with Crippen molar-refractivity contribution in [1.82, 2.24) is 14.8 Å². The molecule has 0 radical (unpaired) electrons. The summed E-state index contributed by atoms with van der Waals surface area (Å²) in [4.78, 5) is 44.3. The number of hydrogen-bond acceptors (Lipinski definition) is 6. The van der Waals surface area contributed by atoms with Crippen molar-refractivity contribution in [1.29, 1.82) is 0 Å². The molecule has 2 atom stereocenters. The van der Waals surface area contributed by atoms with E-state index in [-0.39, 0.29) is 55.0 Å². The molecule has 234 valence electrons. The molecule has 0 spiro atoms. The lowest BCUT2D eigenvalue weighted by molar-refractivity contribution is -0.138. The summed E-state index contributed by atoms with van der Waals surface area (Å²) >= 11 is 0. The average molecular weight is 612 g/mol. The van der Waals surface area contributed by atoms with Gasteiger partial charge >= 0.3 is 12.3 Å². The summed E-state index contributed by atoms with van der Waals surface area (Å²) in [5.74, 6) is -3.42. The summed E-state index contributed by atoms with van der Waals surface area (Å²) in [7, 11) is 1.91. The number of aromatic amines is 1. The number of likely N-dealkylation sites (N-methyl/N-ethyl adjacent to an activating group) is 1. The molecule has 2 N–H and O–H groups in total. The second-order valence-electron chi connectivity index (χ2n) is 11.1. The lowest BCUT2D eigenvalue weighted by Crippen LogP contribution is -2.55. The minimum Gasteiger partial charge on any atom is -0.447 e. The number of benzene rings is 1. The highest BCUT2D eigenvalue weighted by Gasteiger charge is 2.37. The van der Waals surface area contributed by atoms with Gasteiger partial charge in [0.2, 0.25) is 5.56 Å². The highest BCUT2D eigenvalue weighted by atomic mass is 19.4. The fourth-order valence-electron chi connectivity index (χ4n) is 5.28. The van der Waals surface area contributed by atoms with Crippen LogP contribution < -0.4 is 15.8 Å². The van der Waals surface area contributed by atoms with Crippen molar-refractivity contribution >= 4 is 28.9 Å². The maximum absolute atomic E-state index is 16.4. The number of nitrogens with one attached hydrogen (secondary N) is 2. The number of rotatable bonds is 5. The maximum Gasteiger partial charge on any atom is 0.417 e. The van der Waals surface area contributed by atoms with Gasteiger partial charge in [0, 0.05) is 56.6 Å². The van der Waals surface area contributed by atoms with E-state index in [0.717, 1.165) is 6.07 Å². The van der Waals surface area contributed by atoms with Crippen LogP contribution >= 0.6 is 0 Å². The van der Waals surface area contributed by atoms with E-state index < -0.39 is 57.7 Å². The van der Waals surface area contributed by atoms with Gasteiger partial charge in [-0.15, -0.1) is 0 Å². The molecule has 1 saturated heterocycles. The van der Waals surface area contributed by atoms with Crippen molar-refractivity contribution in [2.45, 2.75) is 58.5 Å². The molecule has 2 aromatic rings. The van der Waals surface area contributed by atoms with E-state index in [4.69, 9.17) is 4.74 Å². The molecule has 2 unspecified atom stereocenters. The minimum absolute atomic E-state index is 0.0169. The van der Waals surface area contributed by atoms with E-state index in [9.17, 15) is 27.6 Å². The highest BCUT2D eigenvalue weighted by molar-refractivity contribution is 6.07. The van der Waals surface area contributed by atoms with Gasteiger partial charge in [0.1, 0.15) is 11.5 Å². The zero-order chi connectivity index (χ0) is 31.8. The van der Waals surface area contributed by atoms with Gasteiger partial charge in [-0.1, -0.05) is 6.08 Å². The summed E-state index contributed by atoms with van der Waals surface area (Å²) in [6, 6.07) is 1.21. The van der Waals surface area contributed by atoms with E-state index in [1.165, 1.54) is 11.0 Å². The first kappa shape index (κ1) is 32.0. The van der Waals surface area contributed by atoms with E-state index >= 15 is 8.78 Å². The SMILES string of the molecule is CC(C)OC(=O)N1CC=C(c2c(F)cc(N3CC(C)N(C)C(C)C3)c(NC(=O)c3c[nH]c(=O)cc3C(F)(F)F)c2F)CC1. The van der Waals surface area contributed by atoms with Crippen LogP contribution in [0.3, 0.4) is 0 Å². The van der Waals surface area contributed by atoms with E-state index in [1.54, 1.807) is 18.7 Å². The molecular formula is C29H34F5N5O4. The van der Waals surface area contributed by atoms with Crippen molar-refractivity contribution < 1.29 is 36.3 Å². The lowest BCUT2D eigenvalue weighted by atomic mass is 9.96. The standard InChI is InChI=1S/C29H34F5N5O4/c1-15(2)43-28(42)38-8-6-18(7-9-38)24-21(30)11-22(39-13-16(3)37(5)17(4)14-39)26(25(24)31)36-27(41)19-12-35-23(40)10-20(19)29(32,33)34/h6,10-12,15-17H,7-9,13-14H2,1-5H3,(H,35,40)(H,36,41). The van der Waals surface area contributed by atoms with Gasteiger partial charge < -0.3 is 24.8 Å². The lowest BCUT2D eigenvalue weighted by Gasteiger charge is -2.44. The molecule has 9 nitrogen and oxygen atoms in total. The molecule has 2 aliphatic heterocycles. The Labute approximate surface area is 245 Å². The van der Waals surface area contributed by atoms with Crippen molar-refractivity contribution in [3.63, 3.8) is 0 Å². The van der Waals surface area contributed by atoms with Crippen LogP contribution in [0, 0.1) is 11.6 Å². The Morgan fingerprint density at radius 1 is 1.12 bits per heavy atom. The van der Waals surface area contributed by atoms with Crippen LogP contribution in [-0.2, 0) is 10.9 Å². The fourth-order valence-corrected chi connectivity index (χ4v) is 5.28. The van der Waals surface area contributed by atoms with Crippen LogP contribution in [0.4, 0.5) is 38.1 Å². The Balaban J connectivity index is 1.79. The van der Waals surface area contributed by atoms with Crippen LogP contribution in [0.5, 0.6) is 0 Å². The second kappa shape index (κ2) is 12.3. The topological polar surface area (TPSA) is 98.0 Å². The predicted molar refractivity (Wildman–Crippen MR) is 151 cm³/mol. The number of hydrogen-bond donors (Lipinski definition) is 2. The normalized spacial score (nSPS) is 19.8. The van der Waals surface area contributed by atoms with E-state index in [2.05, 4.69) is 10.2 Å². The van der Waals surface area contributed by atoms with Crippen molar-refractivity contribution in [3.05, 3.63) is 63.1 Å². The van der Waals surface area contributed by atoms with Crippen molar-refractivity contribution in [3.8, 4) is 0 Å². The highest BCUT2D eigenvalue weighted by Crippen LogP contribution is 2.40. The molecular weight excluding hydrogens is 577 g/mol. The number of pyridine rings is 1. The molecule has 0 aliphatic carbocycles. The number of ether oxygens (including phenoxy) is 1. The van der Waals surface area contributed by atoms with Gasteiger partial charge in [0.05, 0.1) is 28.5 Å². The molecule has 3 heterocycles. The maximum atomic E-state index is 16.4. The Morgan fingerprint density at radius 2 is 1.77 bits per heavy atom. The Kier molecular flexibility index (Phi) is 9.19. The Morgan fingerprint density at radius 3 is 2.33 bits per heavy atom. The molecule has 1 aromatic carbocycles. The van der Waals surface area contributed by atoms with Gasteiger partial charge in [-0.2, -0.15) is 13.2 Å². The zero-order valence-corrected chi connectivity index (χ0v) is 24.4. The minimum atomic E-state index is -5.05. The van der Waals surface area contributed by atoms with Crippen LogP contribution in [0.15, 0.2) is 29.2 Å². The second-order valence-corrected chi connectivity index (χ2v) is 11.1. The van der Waals surface area contributed by atoms with Crippen LogP contribution in [0.1, 0.15) is 55.6 Å². The summed E-state index contributed by atoms with van der Waals surface area (Å²) < 4.78 is 78.4. The van der Waals surface area contributed by atoms with Crippen LogP contribution in [0.25, 0.3) is 5.57 Å². The van der Waals surface area contributed by atoms with Crippen molar-refractivity contribution in [2.24, 2.45) is 0 Å². The number of piperazine rings is 1. The van der Waals surface area contributed by atoms with Crippen molar-refractivity contribution in [2.75, 3.05) is 43.4 Å². The van der Waals surface area contributed by atoms with Gasteiger partial charge in [-0.25, -0.2) is 13.6 Å². The van der Waals surface area contributed by atoms with Gasteiger partial charge in [0.15, 0.2) is 5.82 Å². The number of carbonyl (C=O) groups excluding carboxylic acids is 2. The number of alkyl halides is 3. The molecule has 0 bridgehead atoms. The molecule has 1 aromatic heterocycles. The number of halogens is 5. The smallest absolute Gasteiger partial charge is 0.417 e. The van der Waals surface area contributed by atoms with Crippen LogP contribution in [0.2, 0.25) is 0 Å². The zero-order valence-electron chi connectivity index (χ0n) is 24.4. The largest absolute Gasteiger partial charge is 0.447 e. The third-order valence-electron chi connectivity index (χ3n) is 7.74. The first-order valence-electron chi connectivity index (χ1n) is 13.8. The third-order valence-corrected chi connectivity index (χ3v) is 7.74. The molecule has 4 rings (SSSR count). The van der Waals surface area contributed by atoms with E-state index in [0.29, 0.717) is 19.3 Å². The Bertz CT molecular complexity index is 1480. The molecule has 2 amide bonds. The Hall–Kier alpha value is -3.94. The first-order chi connectivity index (χ1) is 20.1. The van der Waals surface area contributed by atoms with Gasteiger partial charge in [0.25, 0.3) is 5.91 Å². The number of aromatic nitrogens is 1. The number of carbonyl (C=O) groups is 2. The molecule has 1 fully saturated rings. The average Bonchev–Trinajstić information content (AvgIpc) is 2.92. The summed E-state index contributed by atoms with van der Waals surface area (Å²) in [6.45, 7) is 7.99. The number of H-pyrrole nitrogens is 1.